The zero-order valence-corrected chi connectivity index (χ0v) is 7.93. The van der Waals surface area contributed by atoms with Crippen molar-refractivity contribution in [2.45, 2.75) is 38.8 Å². The Morgan fingerprint density at radius 2 is 1.83 bits per heavy atom. The van der Waals surface area contributed by atoms with Crippen LogP contribution in [0.3, 0.4) is 0 Å². The predicted octanol–water partition coefficient (Wildman–Crippen LogP) is 0.142. The summed E-state index contributed by atoms with van der Waals surface area (Å²) in [6.07, 6.45) is 0. The molecule has 12 heavy (non-hydrogen) atoms. The standard InChI is InChI=1S/C8H15N3O/c1-7(2,5-9)11-6(12)8(3,4)10/h10H2,1-4H3,(H,11,12). The van der Waals surface area contributed by atoms with Gasteiger partial charge in [-0.05, 0) is 27.7 Å². The summed E-state index contributed by atoms with van der Waals surface area (Å²) < 4.78 is 0. The van der Waals surface area contributed by atoms with Crippen molar-refractivity contribution < 1.29 is 4.79 Å². The second-order valence-electron chi connectivity index (χ2n) is 3.91. The molecule has 0 bridgehead atoms. The summed E-state index contributed by atoms with van der Waals surface area (Å²) in [5.74, 6) is -0.325. The summed E-state index contributed by atoms with van der Waals surface area (Å²) in [6, 6.07) is 1.96. The Bertz CT molecular complexity index is 219. The molecule has 0 spiro atoms. The molecule has 1 amide bonds. The van der Waals surface area contributed by atoms with Gasteiger partial charge >= 0.3 is 0 Å². The zero-order valence-electron chi connectivity index (χ0n) is 7.93. The van der Waals surface area contributed by atoms with Crippen LogP contribution in [0.5, 0.6) is 0 Å². The van der Waals surface area contributed by atoms with Crippen molar-refractivity contribution in [3.63, 3.8) is 0 Å². The third kappa shape index (κ3) is 3.35. The summed E-state index contributed by atoms with van der Waals surface area (Å²) in [4.78, 5) is 11.3. The highest BCUT2D eigenvalue weighted by atomic mass is 16.2. The van der Waals surface area contributed by atoms with E-state index in [1.807, 2.05) is 6.07 Å². The fourth-order valence-electron chi connectivity index (χ4n) is 0.473. The first kappa shape index (κ1) is 10.9. The van der Waals surface area contributed by atoms with Gasteiger partial charge in [0.05, 0.1) is 11.6 Å². The van der Waals surface area contributed by atoms with Gasteiger partial charge < -0.3 is 11.1 Å². The maximum absolute atomic E-state index is 11.3. The predicted molar refractivity (Wildman–Crippen MR) is 46.1 cm³/mol. The van der Waals surface area contributed by atoms with Crippen molar-refractivity contribution in [1.29, 1.82) is 5.26 Å². The summed E-state index contributed by atoms with van der Waals surface area (Å²) in [7, 11) is 0. The second-order valence-corrected chi connectivity index (χ2v) is 3.91. The van der Waals surface area contributed by atoms with E-state index in [1.165, 1.54) is 0 Å². The highest BCUT2D eigenvalue weighted by Crippen LogP contribution is 2.03. The van der Waals surface area contributed by atoms with Crippen LogP contribution < -0.4 is 11.1 Å². The molecule has 0 atom stereocenters. The first-order chi connectivity index (χ1) is 5.19. The lowest BCUT2D eigenvalue weighted by Crippen LogP contribution is -2.55. The van der Waals surface area contributed by atoms with Gasteiger partial charge in [-0.25, -0.2) is 0 Å². The smallest absolute Gasteiger partial charge is 0.240 e. The van der Waals surface area contributed by atoms with Gasteiger partial charge in [0.15, 0.2) is 0 Å². The molecule has 0 radical (unpaired) electrons. The van der Waals surface area contributed by atoms with Crippen molar-refractivity contribution in [3.8, 4) is 6.07 Å². The molecule has 4 nitrogen and oxygen atoms in total. The molecule has 0 aliphatic rings. The van der Waals surface area contributed by atoms with E-state index in [2.05, 4.69) is 5.32 Å². The summed E-state index contributed by atoms with van der Waals surface area (Å²) in [5, 5.41) is 11.1. The van der Waals surface area contributed by atoms with Crippen molar-refractivity contribution >= 4 is 5.91 Å². The van der Waals surface area contributed by atoms with Gasteiger partial charge in [-0.1, -0.05) is 0 Å². The SMILES string of the molecule is CC(C)(C#N)NC(=O)C(C)(C)N. The summed E-state index contributed by atoms with van der Waals surface area (Å²) in [5.41, 5.74) is 3.73. The van der Waals surface area contributed by atoms with Crippen LogP contribution in [0.15, 0.2) is 0 Å². The van der Waals surface area contributed by atoms with Gasteiger partial charge in [0.1, 0.15) is 5.54 Å². The van der Waals surface area contributed by atoms with Gasteiger partial charge in [0.25, 0.3) is 0 Å². The van der Waals surface area contributed by atoms with Crippen molar-refractivity contribution in [1.82, 2.24) is 5.32 Å². The van der Waals surface area contributed by atoms with Crippen LogP contribution in [-0.4, -0.2) is 17.0 Å². The van der Waals surface area contributed by atoms with E-state index in [4.69, 9.17) is 11.0 Å². The molecule has 0 aromatic heterocycles. The van der Waals surface area contributed by atoms with E-state index in [9.17, 15) is 4.79 Å². The van der Waals surface area contributed by atoms with Crippen LogP contribution in [0.1, 0.15) is 27.7 Å². The number of hydrogen-bond acceptors (Lipinski definition) is 3. The molecule has 0 aliphatic carbocycles. The van der Waals surface area contributed by atoms with Crippen LogP contribution in [0, 0.1) is 11.3 Å². The largest absolute Gasteiger partial charge is 0.337 e. The van der Waals surface area contributed by atoms with E-state index < -0.39 is 11.1 Å². The number of nitriles is 1. The Morgan fingerprint density at radius 1 is 1.42 bits per heavy atom. The molecule has 4 heteroatoms. The topological polar surface area (TPSA) is 78.9 Å². The van der Waals surface area contributed by atoms with Crippen LogP contribution in [0.2, 0.25) is 0 Å². The van der Waals surface area contributed by atoms with Gasteiger partial charge in [-0.3, -0.25) is 4.79 Å². The summed E-state index contributed by atoms with van der Waals surface area (Å²) in [6.45, 7) is 6.43. The van der Waals surface area contributed by atoms with E-state index in [-0.39, 0.29) is 5.91 Å². The lowest BCUT2D eigenvalue weighted by atomic mass is 10.0. The maximum Gasteiger partial charge on any atom is 0.240 e. The Hall–Kier alpha value is -1.08. The minimum atomic E-state index is -0.936. The molecule has 3 N–H and O–H groups in total. The van der Waals surface area contributed by atoms with Gasteiger partial charge in [0.2, 0.25) is 5.91 Å². The zero-order chi connectivity index (χ0) is 9.99. The molecular weight excluding hydrogens is 154 g/mol. The average Bonchev–Trinajstić information content (AvgIpc) is 1.85. The highest BCUT2D eigenvalue weighted by Gasteiger charge is 2.27. The fourth-order valence-corrected chi connectivity index (χ4v) is 0.473. The van der Waals surface area contributed by atoms with Gasteiger partial charge in [-0.2, -0.15) is 5.26 Å². The molecule has 0 unspecified atom stereocenters. The van der Waals surface area contributed by atoms with E-state index in [0.29, 0.717) is 0 Å². The molecule has 68 valence electrons. The van der Waals surface area contributed by atoms with Crippen LogP contribution in [-0.2, 0) is 4.79 Å². The number of carbonyl (C=O) groups excluding carboxylic acids is 1. The Balaban J connectivity index is 4.33. The number of nitrogens with zero attached hydrogens (tertiary/aromatic N) is 1. The third-order valence-corrected chi connectivity index (χ3v) is 1.29. The van der Waals surface area contributed by atoms with E-state index >= 15 is 0 Å². The minimum absolute atomic E-state index is 0.325. The highest BCUT2D eigenvalue weighted by molar-refractivity contribution is 5.85. The maximum atomic E-state index is 11.3. The number of carbonyl (C=O) groups is 1. The lowest BCUT2D eigenvalue weighted by Gasteiger charge is -2.24. The van der Waals surface area contributed by atoms with Crippen molar-refractivity contribution in [2.75, 3.05) is 0 Å². The molecular formula is C8H15N3O. The average molecular weight is 169 g/mol. The number of amides is 1. The van der Waals surface area contributed by atoms with Crippen LogP contribution >= 0.6 is 0 Å². The normalized spacial score (nSPS) is 12.0. The number of rotatable bonds is 2. The number of hydrogen-bond donors (Lipinski definition) is 2. The van der Waals surface area contributed by atoms with E-state index in [0.717, 1.165) is 0 Å². The first-order valence-corrected chi connectivity index (χ1v) is 3.72. The van der Waals surface area contributed by atoms with Crippen molar-refractivity contribution in [2.24, 2.45) is 5.73 Å². The molecule has 0 aromatic carbocycles. The van der Waals surface area contributed by atoms with E-state index in [1.54, 1.807) is 27.7 Å². The number of nitrogens with two attached hydrogens (primary N) is 1. The molecule has 0 saturated carbocycles. The molecule has 0 fully saturated rings. The second kappa shape index (κ2) is 3.11. The molecule has 0 aliphatic heterocycles. The number of nitrogens with one attached hydrogen (secondary N) is 1. The lowest BCUT2D eigenvalue weighted by molar-refractivity contribution is -0.126. The van der Waals surface area contributed by atoms with Crippen molar-refractivity contribution in [3.05, 3.63) is 0 Å². The minimum Gasteiger partial charge on any atom is -0.337 e. The Labute approximate surface area is 72.7 Å². The first-order valence-electron chi connectivity index (χ1n) is 3.72. The molecule has 0 aromatic rings. The van der Waals surface area contributed by atoms with Crippen LogP contribution in [0.4, 0.5) is 0 Å². The fraction of sp³-hybridized carbons (Fsp3) is 0.750. The van der Waals surface area contributed by atoms with Crippen LogP contribution in [0.25, 0.3) is 0 Å². The van der Waals surface area contributed by atoms with Gasteiger partial charge in [-0.15, -0.1) is 0 Å². The monoisotopic (exact) mass is 169 g/mol. The Morgan fingerprint density at radius 3 is 2.08 bits per heavy atom. The quantitative estimate of drug-likeness (QED) is 0.617. The third-order valence-electron chi connectivity index (χ3n) is 1.29. The summed E-state index contributed by atoms with van der Waals surface area (Å²) >= 11 is 0. The molecule has 0 rings (SSSR count). The Kier molecular flexibility index (Phi) is 2.83. The van der Waals surface area contributed by atoms with Gasteiger partial charge in [0, 0.05) is 0 Å². The molecule has 0 heterocycles. The molecule has 0 saturated heterocycles.